The third-order valence-electron chi connectivity index (χ3n) is 3.19. The van der Waals surface area contributed by atoms with Crippen molar-refractivity contribution in [3.63, 3.8) is 0 Å². The van der Waals surface area contributed by atoms with Crippen molar-refractivity contribution < 1.29 is 4.79 Å². The molecule has 0 aromatic rings. The molecular weight excluding hydrogens is 168 g/mol. The van der Waals surface area contributed by atoms with Gasteiger partial charge in [-0.3, -0.25) is 4.79 Å². The van der Waals surface area contributed by atoms with Gasteiger partial charge in [0.05, 0.1) is 0 Å². The van der Waals surface area contributed by atoms with E-state index in [0.717, 1.165) is 32.2 Å². The molecule has 5 heteroatoms. The summed E-state index contributed by atoms with van der Waals surface area (Å²) in [7, 11) is 0. The third kappa shape index (κ3) is 1.67. The number of rotatable bonds is 1. The fourth-order valence-corrected chi connectivity index (χ4v) is 2.19. The Hall–Kier alpha value is -0.650. The van der Waals surface area contributed by atoms with Crippen LogP contribution in [0.4, 0.5) is 0 Å². The van der Waals surface area contributed by atoms with Crippen LogP contribution in [-0.2, 0) is 4.79 Å². The van der Waals surface area contributed by atoms with Crippen LogP contribution < -0.4 is 22.1 Å². The Morgan fingerprint density at radius 3 is 2.54 bits per heavy atom. The summed E-state index contributed by atoms with van der Waals surface area (Å²) >= 11 is 0. The van der Waals surface area contributed by atoms with Gasteiger partial charge in [0.1, 0.15) is 0 Å². The summed E-state index contributed by atoms with van der Waals surface area (Å²) in [4.78, 5) is 10.9. The Balaban J connectivity index is 1.91. The maximum Gasteiger partial charge on any atom is 0.220 e. The van der Waals surface area contributed by atoms with Crippen LogP contribution in [0, 0.1) is 5.92 Å². The van der Waals surface area contributed by atoms with E-state index in [4.69, 9.17) is 5.73 Å². The Labute approximate surface area is 77.4 Å². The van der Waals surface area contributed by atoms with Crippen LogP contribution in [0.2, 0.25) is 0 Å². The largest absolute Gasteiger partial charge is 0.369 e. The lowest BCUT2D eigenvalue weighted by Gasteiger charge is -2.34. The molecular formula is C8H16N4O. The highest BCUT2D eigenvalue weighted by Gasteiger charge is 2.38. The van der Waals surface area contributed by atoms with Crippen LogP contribution in [0.15, 0.2) is 0 Å². The molecule has 13 heavy (non-hydrogen) atoms. The average Bonchev–Trinajstić information content (AvgIpc) is 2.54. The Morgan fingerprint density at radius 1 is 1.38 bits per heavy atom. The van der Waals surface area contributed by atoms with Gasteiger partial charge in [0.15, 0.2) is 0 Å². The predicted octanol–water partition coefficient (Wildman–Crippen LogP) is -0.987. The zero-order valence-electron chi connectivity index (χ0n) is 7.60. The van der Waals surface area contributed by atoms with Gasteiger partial charge >= 0.3 is 0 Å². The molecule has 0 bridgehead atoms. The molecule has 0 radical (unpaired) electrons. The second-order valence-electron chi connectivity index (χ2n) is 4.06. The molecule has 0 aromatic carbocycles. The Kier molecular flexibility index (Phi) is 2.23. The van der Waals surface area contributed by atoms with E-state index in [2.05, 4.69) is 16.4 Å². The number of primary amides is 1. The maximum atomic E-state index is 10.9. The lowest BCUT2D eigenvalue weighted by molar-refractivity contribution is -0.123. The first-order valence-corrected chi connectivity index (χ1v) is 4.76. The van der Waals surface area contributed by atoms with Crippen molar-refractivity contribution in [1.82, 2.24) is 16.4 Å². The molecule has 1 saturated carbocycles. The highest BCUT2D eigenvalue weighted by molar-refractivity contribution is 5.76. The van der Waals surface area contributed by atoms with E-state index in [1.807, 2.05) is 0 Å². The van der Waals surface area contributed by atoms with E-state index in [1.54, 1.807) is 0 Å². The van der Waals surface area contributed by atoms with Crippen LogP contribution in [-0.4, -0.2) is 18.0 Å². The Bertz CT molecular complexity index is 202. The van der Waals surface area contributed by atoms with E-state index in [9.17, 15) is 4.79 Å². The van der Waals surface area contributed by atoms with Crippen molar-refractivity contribution >= 4 is 5.91 Å². The summed E-state index contributed by atoms with van der Waals surface area (Å²) in [6.45, 7) is 0.929. The molecule has 0 atom stereocenters. The summed E-state index contributed by atoms with van der Waals surface area (Å²) in [5.74, 6) is -0.0539. The highest BCUT2D eigenvalue weighted by Crippen LogP contribution is 2.32. The quantitative estimate of drug-likeness (QED) is 0.422. The molecule has 2 fully saturated rings. The average molecular weight is 184 g/mol. The predicted molar refractivity (Wildman–Crippen MR) is 48.2 cm³/mol. The summed E-state index contributed by atoms with van der Waals surface area (Å²) < 4.78 is 0. The van der Waals surface area contributed by atoms with Crippen LogP contribution in [0.25, 0.3) is 0 Å². The molecule has 1 saturated heterocycles. The van der Waals surface area contributed by atoms with Crippen molar-refractivity contribution in [3.8, 4) is 0 Å². The van der Waals surface area contributed by atoms with E-state index >= 15 is 0 Å². The molecule has 2 aliphatic rings. The van der Waals surface area contributed by atoms with E-state index < -0.39 is 0 Å². The molecule has 1 aliphatic carbocycles. The number of hydrazine groups is 2. The van der Waals surface area contributed by atoms with Gasteiger partial charge in [-0.25, -0.2) is 10.9 Å². The minimum absolute atomic E-state index is 0.0908. The van der Waals surface area contributed by atoms with Crippen LogP contribution in [0.3, 0.4) is 0 Å². The van der Waals surface area contributed by atoms with Crippen molar-refractivity contribution in [2.75, 3.05) is 6.54 Å². The topological polar surface area (TPSA) is 79.2 Å². The van der Waals surface area contributed by atoms with Crippen LogP contribution in [0.5, 0.6) is 0 Å². The molecule has 0 unspecified atom stereocenters. The second kappa shape index (κ2) is 3.25. The van der Waals surface area contributed by atoms with Crippen molar-refractivity contribution in [2.45, 2.75) is 31.2 Å². The SMILES string of the molecule is NC(=O)C1CCC2(CC1)CNNN2. The molecule has 1 spiro atoms. The third-order valence-corrected chi connectivity index (χ3v) is 3.19. The zero-order chi connectivity index (χ0) is 9.31. The summed E-state index contributed by atoms with van der Waals surface area (Å²) in [5, 5.41) is 0. The maximum absolute atomic E-state index is 10.9. The number of carbonyl (C=O) groups is 1. The molecule has 74 valence electrons. The first-order valence-electron chi connectivity index (χ1n) is 4.76. The van der Waals surface area contributed by atoms with Gasteiger partial charge in [-0.15, -0.1) is 0 Å². The summed E-state index contributed by atoms with van der Waals surface area (Å²) in [6.07, 6.45) is 3.85. The van der Waals surface area contributed by atoms with Gasteiger partial charge in [0.2, 0.25) is 5.91 Å². The number of carbonyl (C=O) groups excluding carboxylic acids is 1. The number of nitrogens with one attached hydrogen (secondary N) is 3. The summed E-state index contributed by atoms with van der Waals surface area (Å²) in [5.41, 5.74) is 14.6. The minimum atomic E-state index is -0.145. The number of hydrogen-bond donors (Lipinski definition) is 4. The smallest absolute Gasteiger partial charge is 0.220 e. The number of amides is 1. The molecule has 1 heterocycles. The van der Waals surface area contributed by atoms with Crippen LogP contribution >= 0.6 is 0 Å². The molecule has 5 N–H and O–H groups in total. The highest BCUT2D eigenvalue weighted by atomic mass is 16.1. The number of nitrogens with two attached hydrogens (primary N) is 1. The standard InChI is InChI=1S/C8H16N4O/c9-7(13)6-1-3-8(4-2-6)5-10-12-11-8/h6,10-12H,1-5H2,(H2,9,13). The van der Waals surface area contributed by atoms with Crippen molar-refractivity contribution in [1.29, 1.82) is 0 Å². The first-order chi connectivity index (χ1) is 6.22. The van der Waals surface area contributed by atoms with E-state index in [1.165, 1.54) is 0 Å². The van der Waals surface area contributed by atoms with Gasteiger partial charge in [-0.2, -0.15) is 5.53 Å². The van der Waals surface area contributed by atoms with E-state index in [-0.39, 0.29) is 17.4 Å². The fourth-order valence-electron chi connectivity index (χ4n) is 2.19. The van der Waals surface area contributed by atoms with Gasteiger partial charge in [0.25, 0.3) is 0 Å². The van der Waals surface area contributed by atoms with Crippen LogP contribution in [0.1, 0.15) is 25.7 Å². The zero-order valence-corrected chi connectivity index (χ0v) is 7.60. The lowest BCUT2D eigenvalue weighted by Crippen LogP contribution is -2.49. The van der Waals surface area contributed by atoms with Crippen molar-refractivity contribution in [3.05, 3.63) is 0 Å². The molecule has 5 nitrogen and oxygen atoms in total. The fraction of sp³-hybridized carbons (Fsp3) is 0.875. The van der Waals surface area contributed by atoms with Crippen molar-refractivity contribution in [2.24, 2.45) is 11.7 Å². The summed E-state index contributed by atoms with van der Waals surface area (Å²) in [6, 6.07) is 0. The van der Waals surface area contributed by atoms with Gasteiger partial charge in [-0.05, 0) is 25.7 Å². The second-order valence-corrected chi connectivity index (χ2v) is 4.06. The van der Waals surface area contributed by atoms with Gasteiger partial charge < -0.3 is 5.73 Å². The minimum Gasteiger partial charge on any atom is -0.369 e. The molecule has 0 aromatic heterocycles. The van der Waals surface area contributed by atoms with Gasteiger partial charge in [0, 0.05) is 18.0 Å². The molecule has 2 rings (SSSR count). The molecule has 1 aliphatic heterocycles. The first kappa shape index (κ1) is 8.93. The van der Waals surface area contributed by atoms with Gasteiger partial charge in [-0.1, -0.05) is 0 Å². The normalized spacial score (nSPS) is 39.5. The molecule has 1 amide bonds. The monoisotopic (exact) mass is 184 g/mol. The lowest BCUT2D eigenvalue weighted by atomic mass is 9.77. The number of hydrogen-bond acceptors (Lipinski definition) is 4. The van der Waals surface area contributed by atoms with E-state index in [0.29, 0.717) is 0 Å². The Morgan fingerprint density at radius 2 is 2.08 bits per heavy atom.